The van der Waals surface area contributed by atoms with E-state index in [0.29, 0.717) is 17.1 Å². The molecule has 0 aliphatic heterocycles. The second-order valence-electron chi connectivity index (χ2n) is 5.28. The zero-order chi connectivity index (χ0) is 15.5. The SMILES string of the molecule is O=C(O)Bc1ccc(Oc2nc(O)nc3c2CCCC3)cc1. The van der Waals surface area contributed by atoms with Crippen LogP contribution in [0.2, 0.25) is 0 Å². The summed E-state index contributed by atoms with van der Waals surface area (Å²) in [4.78, 5) is 18.7. The number of carbonyl (C=O) groups is 1. The molecule has 22 heavy (non-hydrogen) atoms. The number of hydrogen-bond donors (Lipinski definition) is 2. The van der Waals surface area contributed by atoms with Gasteiger partial charge in [0.05, 0.1) is 5.69 Å². The van der Waals surface area contributed by atoms with Gasteiger partial charge in [0.1, 0.15) is 5.75 Å². The lowest BCUT2D eigenvalue weighted by Gasteiger charge is -2.17. The highest BCUT2D eigenvalue weighted by molar-refractivity contribution is 6.82. The number of rotatable bonds is 4. The van der Waals surface area contributed by atoms with Crippen LogP contribution in [-0.2, 0) is 12.8 Å². The van der Waals surface area contributed by atoms with Gasteiger partial charge in [0.15, 0.2) is 0 Å². The second kappa shape index (κ2) is 6.05. The first-order valence-corrected chi connectivity index (χ1v) is 7.19. The summed E-state index contributed by atoms with van der Waals surface area (Å²) in [6.07, 6.45) is 3.75. The number of benzene rings is 1. The Balaban J connectivity index is 1.83. The van der Waals surface area contributed by atoms with Crippen molar-refractivity contribution in [3.63, 3.8) is 0 Å². The average Bonchev–Trinajstić information content (AvgIpc) is 2.48. The van der Waals surface area contributed by atoms with Gasteiger partial charge < -0.3 is 14.9 Å². The number of ether oxygens (including phenoxy) is 1. The van der Waals surface area contributed by atoms with Crippen molar-refractivity contribution in [1.82, 2.24) is 9.97 Å². The molecule has 2 N–H and O–H groups in total. The van der Waals surface area contributed by atoms with E-state index in [1.54, 1.807) is 24.3 Å². The lowest BCUT2D eigenvalue weighted by molar-refractivity contribution is 0.220. The van der Waals surface area contributed by atoms with Crippen LogP contribution in [0.4, 0.5) is 4.79 Å². The van der Waals surface area contributed by atoms with E-state index in [4.69, 9.17) is 9.84 Å². The van der Waals surface area contributed by atoms with Crippen LogP contribution < -0.4 is 10.2 Å². The van der Waals surface area contributed by atoms with Crippen LogP contribution in [0, 0.1) is 0 Å². The Kier molecular flexibility index (Phi) is 3.95. The fourth-order valence-electron chi connectivity index (χ4n) is 2.59. The van der Waals surface area contributed by atoms with Crippen molar-refractivity contribution in [2.45, 2.75) is 25.7 Å². The summed E-state index contributed by atoms with van der Waals surface area (Å²) in [6.45, 7) is 0. The Labute approximate surface area is 128 Å². The highest BCUT2D eigenvalue weighted by atomic mass is 16.5. The Bertz CT molecular complexity index is 703. The fraction of sp³-hybridized carbons (Fsp3) is 0.267. The van der Waals surface area contributed by atoms with Crippen LogP contribution in [0.3, 0.4) is 0 Å². The molecule has 1 aliphatic carbocycles. The van der Waals surface area contributed by atoms with Gasteiger partial charge in [0.25, 0.3) is 13.1 Å². The van der Waals surface area contributed by atoms with E-state index in [9.17, 15) is 9.90 Å². The molecule has 112 valence electrons. The summed E-state index contributed by atoms with van der Waals surface area (Å²) in [5.41, 5.74) is 2.49. The Hall–Kier alpha value is -2.57. The minimum absolute atomic E-state index is 0.0238. The molecular formula is C15H15BN2O4. The Morgan fingerprint density at radius 1 is 1.14 bits per heavy atom. The predicted octanol–water partition coefficient (Wildman–Crippen LogP) is 1.59. The van der Waals surface area contributed by atoms with Crippen molar-refractivity contribution in [3.8, 4) is 17.6 Å². The fourth-order valence-corrected chi connectivity index (χ4v) is 2.59. The molecule has 2 aromatic rings. The van der Waals surface area contributed by atoms with E-state index in [0.717, 1.165) is 36.9 Å². The van der Waals surface area contributed by atoms with E-state index < -0.39 is 5.87 Å². The van der Waals surface area contributed by atoms with E-state index in [1.807, 2.05) is 0 Å². The Morgan fingerprint density at radius 3 is 2.59 bits per heavy atom. The largest absolute Gasteiger partial charge is 0.489 e. The van der Waals surface area contributed by atoms with E-state index in [2.05, 4.69) is 9.97 Å². The molecule has 0 saturated heterocycles. The van der Waals surface area contributed by atoms with Gasteiger partial charge in [0.2, 0.25) is 5.88 Å². The summed E-state index contributed by atoms with van der Waals surface area (Å²) in [5, 5.41) is 18.4. The summed E-state index contributed by atoms with van der Waals surface area (Å²) in [5.74, 6) is 0.0663. The molecule has 0 unspecified atom stereocenters. The third kappa shape index (κ3) is 3.19. The number of hydrogen-bond acceptors (Lipinski definition) is 5. The summed E-state index contributed by atoms with van der Waals surface area (Å²) in [7, 11) is -0.0238. The maximum absolute atomic E-state index is 10.7. The van der Waals surface area contributed by atoms with Crippen LogP contribution in [-0.4, -0.2) is 33.3 Å². The highest BCUT2D eigenvalue weighted by Gasteiger charge is 2.19. The molecule has 0 amide bonds. The van der Waals surface area contributed by atoms with Gasteiger partial charge in [0, 0.05) is 5.56 Å². The minimum atomic E-state index is -0.872. The van der Waals surface area contributed by atoms with Crippen molar-refractivity contribution in [2.75, 3.05) is 0 Å². The smallest absolute Gasteiger partial charge is 0.317 e. The molecule has 1 aromatic heterocycles. The number of nitrogens with zero attached hydrogens (tertiary/aromatic N) is 2. The van der Waals surface area contributed by atoms with E-state index in [-0.39, 0.29) is 13.3 Å². The first-order valence-electron chi connectivity index (χ1n) is 7.19. The minimum Gasteiger partial charge on any atom is -0.489 e. The van der Waals surface area contributed by atoms with Crippen LogP contribution >= 0.6 is 0 Å². The van der Waals surface area contributed by atoms with Gasteiger partial charge in [-0.25, -0.2) is 0 Å². The lowest BCUT2D eigenvalue weighted by atomic mass is 9.71. The number of aromatic hydroxyl groups is 1. The predicted molar refractivity (Wildman–Crippen MR) is 81.7 cm³/mol. The third-order valence-corrected chi connectivity index (χ3v) is 3.63. The number of aromatic nitrogens is 2. The monoisotopic (exact) mass is 298 g/mol. The molecule has 0 saturated carbocycles. The summed E-state index contributed by atoms with van der Waals surface area (Å²) < 4.78 is 5.76. The second-order valence-corrected chi connectivity index (χ2v) is 5.28. The molecule has 1 aromatic carbocycles. The standard InChI is InChI=1S/C15H15BN2O4/c19-14(20)16-9-5-7-10(8-6-9)22-13-11-3-1-2-4-12(11)17-15(21)18-13/h5-8,16H,1-4H2,(H,19,20)(H,17,18,21). The molecule has 3 rings (SSSR count). The summed E-state index contributed by atoms with van der Waals surface area (Å²) in [6, 6.07) is 6.53. The average molecular weight is 298 g/mol. The van der Waals surface area contributed by atoms with Crippen LogP contribution in [0.15, 0.2) is 24.3 Å². The molecule has 0 spiro atoms. The number of fused-ring (bicyclic) bond motifs is 1. The van der Waals surface area contributed by atoms with Gasteiger partial charge in [-0.1, -0.05) is 17.6 Å². The van der Waals surface area contributed by atoms with Gasteiger partial charge in [-0.2, -0.15) is 9.97 Å². The van der Waals surface area contributed by atoms with Crippen molar-refractivity contribution in [2.24, 2.45) is 0 Å². The van der Waals surface area contributed by atoms with Crippen molar-refractivity contribution in [3.05, 3.63) is 35.5 Å². The van der Waals surface area contributed by atoms with Crippen LogP contribution in [0.5, 0.6) is 17.6 Å². The summed E-state index contributed by atoms with van der Waals surface area (Å²) >= 11 is 0. The molecule has 1 heterocycles. The van der Waals surface area contributed by atoms with E-state index >= 15 is 0 Å². The zero-order valence-corrected chi connectivity index (χ0v) is 12.0. The van der Waals surface area contributed by atoms with Crippen molar-refractivity contribution >= 4 is 18.6 Å². The Morgan fingerprint density at radius 2 is 1.86 bits per heavy atom. The normalized spacial score (nSPS) is 13.3. The van der Waals surface area contributed by atoms with E-state index in [1.165, 1.54) is 0 Å². The molecule has 0 bridgehead atoms. The first kappa shape index (κ1) is 14.4. The first-order chi connectivity index (χ1) is 10.6. The molecule has 0 radical (unpaired) electrons. The molecule has 0 atom stereocenters. The highest BCUT2D eigenvalue weighted by Crippen LogP contribution is 2.31. The lowest BCUT2D eigenvalue weighted by Crippen LogP contribution is -2.21. The quantitative estimate of drug-likeness (QED) is 0.833. The molecule has 7 heteroatoms. The molecule has 0 fully saturated rings. The van der Waals surface area contributed by atoms with Crippen molar-refractivity contribution < 1.29 is 19.7 Å². The van der Waals surface area contributed by atoms with Gasteiger partial charge in [-0.05, 0) is 37.8 Å². The van der Waals surface area contributed by atoms with Crippen LogP contribution in [0.25, 0.3) is 0 Å². The molecular weight excluding hydrogens is 283 g/mol. The third-order valence-electron chi connectivity index (χ3n) is 3.63. The number of aryl methyl sites for hydroxylation is 1. The van der Waals surface area contributed by atoms with Gasteiger partial charge in [-0.15, -0.1) is 0 Å². The zero-order valence-electron chi connectivity index (χ0n) is 12.0. The van der Waals surface area contributed by atoms with Crippen molar-refractivity contribution in [1.29, 1.82) is 0 Å². The van der Waals surface area contributed by atoms with Gasteiger partial charge in [-0.3, -0.25) is 4.79 Å². The molecule has 1 aliphatic rings. The van der Waals surface area contributed by atoms with Gasteiger partial charge >= 0.3 is 6.01 Å². The molecule has 6 nitrogen and oxygen atoms in total. The number of carboxylic acid groups (broad SMARTS) is 1. The topological polar surface area (TPSA) is 92.5 Å². The van der Waals surface area contributed by atoms with Crippen LogP contribution in [0.1, 0.15) is 24.1 Å². The maximum atomic E-state index is 10.7. The maximum Gasteiger partial charge on any atom is 0.317 e.